The summed E-state index contributed by atoms with van der Waals surface area (Å²) < 4.78 is 40.3. The Balaban J connectivity index is 2.02. The first-order chi connectivity index (χ1) is 8.96. The number of hydrogen-bond acceptors (Lipinski definition) is 4. The van der Waals surface area contributed by atoms with Gasteiger partial charge in [-0.05, 0) is 6.07 Å². The summed E-state index contributed by atoms with van der Waals surface area (Å²) in [7, 11) is 0. The quantitative estimate of drug-likeness (QED) is 0.876. The minimum Gasteiger partial charge on any atom is -0.398 e. The SMILES string of the molecule is Nc1ccccc1-c1csc(COCC(F)(F)F)n1. The van der Waals surface area contributed by atoms with Gasteiger partial charge in [-0.25, -0.2) is 4.98 Å². The topological polar surface area (TPSA) is 48.1 Å². The predicted octanol–water partition coefficient (Wildman–Crippen LogP) is 3.47. The van der Waals surface area contributed by atoms with Crippen molar-refractivity contribution in [2.75, 3.05) is 12.3 Å². The second-order valence-corrected chi connectivity index (χ2v) is 4.76. The lowest BCUT2D eigenvalue weighted by atomic mass is 10.1. The summed E-state index contributed by atoms with van der Waals surface area (Å²) in [6.45, 7) is -1.42. The van der Waals surface area contributed by atoms with Gasteiger partial charge in [-0.1, -0.05) is 18.2 Å². The molecule has 1 aromatic carbocycles. The molecule has 0 bridgehead atoms. The molecule has 0 aliphatic heterocycles. The van der Waals surface area contributed by atoms with Crippen LogP contribution in [0.3, 0.4) is 0 Å². The molecular weight excluding hydrogens is 277 g/mol. The Bertz CT molecular complexity index is 554. The number of rotatable bonds is 4. The van der Waals surface area contributed by atoms with Crippen molar-refractivity contribution in [1.29, 1.82) is 0 Å². The maximum absolute atomic E-state index is 11.9. The fraction of sp³-hybridized carbons (Fsp3) is 0.250. The average molecular weight is 288 g/mol. The maximum Gasteiger partial charge on any atom is 0.411 e. The number of nitrogens with zero attached hydrogens (tertiary/aromatic N) is 1. The molecule has 1 aromatic heterocycles. The van der Waals surface area contributed by atoms with Crippen molar-refractivity contribution in [3.05, 3.63) is 34.7 Å². The number of hydrogen-bond donors (Lipinski definition) is 1. The number of aromatic nitrogens is 1. The molecule has 1 heterocycles. The molecular formula is C12H11F3N2OS. The molecule has 0 amide bonds. The zero-order valence-electron chi connectivity index (χ0n) is 9.78. The highest BCUT2D eigenvalue weighted by Crippen LogP contribution is 2.27. The van der Waals surface area contributed by atoms with E-state index < -0.39 is 12.8 Å². The molecule has 0 fully saturated rings. The van der Waals surface area contributed by atoms with E-state index in [1.165, 1.54) is 11.3 Å². The Kier molecular flexibility index (Phi) is 4.06. The van der Waals surface area contributed by atoms with Crippen molar-refractivity contribution in [3.8, 4) is 11.3 Å². The van der Waals surface area contributed by atoms with Gasteiger partial charge >= 0.3 is 6.18 Å². The lowest BCUT2D eigenvalue weighted by Crippen LogP contribution is -2.16. The molecule has 2 N–H and O–H groups in total. The van der Waals surface area contributed by atoms with Crippen LogP contribution in [0.15, 0.2) is 29.6 Å². The minimum atomic E-state index is -4.32. The molecule has 0 atom stereocenters. The van der Waals surface area contributed by atoms with Crippen molar-refractivity contribution >= 4 is 17.0 Å². The van der Waals surface area contributed by atoms with Gasteiger partial charge in [0.15, 0.2) is 0 Å². The van der Waals surface area contributed by atoms with Gasteiger partial charge in [0.2, 0.25) is 0 Å². The number of benzene rings is 1. The second kappa shape index (κ2) is 5.58. The summed E-state index contributed by atoms with van der Waals surface area (Å²) >= 11 is 1.24. The summed E-state index contributed by atoms with van der Waals surface area (Å²) in [5.74, 6) is 0. The van der Waals surface area contributed by atoms with Crippen molar-refractivity contribution in [1.82, 2.24) is 4.98 Å². The first-order valence-electron chi connectivity index (χ1n) is 5.39. The molecule has 3 nitrogen and oxygen atoms in total. The van der Waals surface area contributed by atoms with E-state index in [-0.39, 0.29) is 6.61 Å². The second-order valence-electron chi connectivity index (χ2n) is 3.82. The van der Waals surface area contributed by atoms with Crippen LogP contribution in [-0.2, 0) is 11.3 Å². The summed E-state index contributed by atoms with van der Waals surface area (Å²) in [4.78, 5) is 4.21. The van der Waals surface area contributed by atoms with Crippen molar-refractivity contribution in [3.63, 3.8) is 0 Å². The van der Waals surface area contributed by atoms with Crippen molar-refractivity contribution in [2.24, 2.45) is 0 Å². The number of alkyl halides is 3. The molecule has 0 unspecified atom stereocenters. The van der Waals surface area contributed by atoms with Crippen LogP contribution in [0, 0.1) is 0 Å². The van der Waals surface area contributed by atoms with Gasteiger partial charge in [-0.2, -0.15) is 13.2 Å². The lowest BCUT2D eigenvalue weighted by Gasteiger charge is -2.05. The molecule has 0 radical (unpaired) electrons. The summed E-state index contributed by atoms with van der Waals surface area (Å²) in [5.41, 5.74) is 7.79. The highest BCUT2D eigenvalue weighted by molar-refractivity contribution is 7.09. The Morgan fingerprint density at radius 1 is 1.26 bits per heavy atom. The van der Waals surface area contributed by atoms with Gasteiger partial charge in [0.25, 0.3) is 0 Å². The third-order valence-corrected chi connectivity index (χ3v) is 3.10. The third kappa shape index (κ3) is 3.93. The number of halogens is 3. The van der Waals surface area contributed by atoms with E-state index in [0.717, 1.165) is 5.56 Å². The third-order valence-electron chi connectivity index (χ3n) is 2.28. The molecule has 102 valence electrons. The maximum atomic E-state index is 11.9. The Hall–Kier alpha value is -1.60. The van der Waals surface area contributed by atoms with E-state index >= 15 is 0 Å². The van der Waals surface area contributed by atoms with E-state index in [2.05, 4.69) is 9.72 Å². The van der Waals surface area contributed by atoms with Crippen molar-refractivity contribution < 1.29 is 17.9 Å². The van der Waals surface area contributed by atoms with E-state index in [1.54, 1.807) is 17.5 Å². The van der Waals surface area contributed by atoms with Gasteiger partial charge in [-0.15, -0.1) is 11.3 Å². The molecule has 7 heteroatoms. The zero-order chi connectivity index (χ0) is 13.9. The van der Waals surface area contributed by atoms with Gasteiger partial charge < -0.3 is 10.5 Å². The molecule has 0 saturated carbocycles. The number of para-hydroxylation sites is 1. The Morgan fingerprint density at radius 2 is 2.00 bits per heavy atom. The summed E-state index contributed by atoms with van der Waals surface area (Å²) in [6, 6.07) is 7.18. The molecule has 2 aromatic rings. The number of ether oxygens (including phenoxy) is 1. The number of thiazole rings is 1. The molecule has 0 aliphatic rings. The largest absolute Gasteiger partial charge is 0.411 e. The number of anilines is 1. The first-order valence-corrected chi connectivity index (χ1v) is 6.27. The van der Waals surface area contributed by atoms with Crippen LogP contribution in [0.5, 0.6) is 0 Å². The molecule has 0 spiro atoms. The predicted molar refractivity (Wildman–Crippen MR) is 67.7 cm³/mol. The van der Waals surface area contributed by atoms with Gasteiger partial charge in [0, 0.05) is 16.6 Å². The lowest BCUT2D eigenvalue weighted by molar-refractivity contribution is -0.176. The van der Waals surface area contributed by atoms with Crippen LogP contribution >= 0.6 is 11.3 Å². The van der Waals surface area contributed by atoms with Crippen LogP contribution in [0.25, 0.3) is 11.3 Å². The van der Waals surface area contributed by atoms with Crippen LogP contribution in [0.1, 0.15) is 5.01 Å². The highest BCUT2D eigenvalue weighted by atomic mass is 32.1. The van der Waals surface area contributed by atoms with Crippen LogP contribution in [0.2, 0.25) is 0 Å². The van der Waals surface area contributed by atoms with Crippen LogP contribution in [0.4, 0.5) is 18.9 Å². The Morgan fingerprint density at radius 3 is 2.68 bits per heavy atom. The van der Waals surface area contributed by atoms with E-state index in [4.69, 9.17) is 5.73 Å². The molecule has 0 aliphatic carbocycles. The first kappa shape index (κ1) is 13.8. The number of nitrogens with two attached hydrogens (primary N) is 1. The smallest absolute Gasteiger partial charge is 0.398 e. The van der Waals surface area contributed by atoms with Crippen LogP contribution in [-0.4, -0.2) is 17.8 Å². The van der Waals surface area contributed by atoms with Gasteiger partial charge in [0.1, 0.15) is 11.6 Å². The highest BCUT2D eigenvalue weighted by Gasteiger charge is 2.27. The standard InChI is InChI=1S/C12H11F3N2OS/c13-12(14,15)7-18-5-11-17-10(6-19-11)8-3-1-2-4-9(8)16/h1-4,6H,5,7,16H2. The molecule has 0 saturated heterocycles. The summed E-state index contributed by atoms with van der Waals surface area (Å²) in [5, 5.41) is 2.24. The van der Waals surface area contributed by atoms with E-state index in [9.17, 15) is 13.2 Å². The fourth-order valence-electron chi connectivity index (χ4n) is 1.49. The van der Waals surface area contributed by atoms with Crippen LogP contribution < -0.4 is 5.73 Å². The molecule has 19 heavy (non-hydrogen) atoms. The van der Waals surface area contributed by atoms with E-state index in [0.29, 0.717) is 16.4 Å². The number of nitrogen functional groups attached to an aromatic ring is 1. The van der Waals surface area contributed by atoms with E-state index in [1.807, 2.05) is 12.1 Å². The van der Waals surface area contributed by atoms with Crippen molar-refractivity contribution in [2.45, 2.75) is 12.8 Å². The fourth-order valence-corrected chi connectivity index (χ4v) is 2.21. The zero-order valence-corrected chi connectivity index (χ0v) is 10.6. The van der Waals surface area contributed by atoms with Gasteiger partial charge in [0.05, 0.1) is 12.3 Å². The minimum absolute atomic E-state index is 0.156. The van der Waals surface area contributed by atoms with Gasteiger partial charge in [-0.3, -0.25) is 0 Å². The molecule has 2 rings (SSSR count). The average Bonchev–Trinajstić information content (AvgIpc) is 2.76. The normalized spacial score (nSPS) is 11.7. The Labute approximate surface area is 111 Å². The summed E-state index contributed by atoms with van der Waals surface area (Å²) in [6.07, 6.45) is -4.32. The monoisotopic (exact) mass is 288 g/mol.